The molecule has 0 saturated carbocycles. The molecular formula is C11H19NO2. The third-order valence-corrected chi connectivity index (χ3v) is 2.31. The number of carbonyl (C=O) groups is 1. The molecule has 2 atom stereocenters. The first-order valence-corrected chi connectivity index (χ1v) is 5.16. The maximum absolute atomic E-state index is 11.4. The lowest BCUT2D eigenvalue weighted by molar-refractivity contribution is -0.117. The Bertz CT molecular complexity index is 225. The van der Waals surface area contributed by atoms with Crippen molar-refractivity contribution in [3.05, 3.63) is 11.6 Å². The van der Waals surface area contributed by atoms with Crippen LogP contribution in [0.4, 0.5) is 0 Å². The van der Waals surface area contributed by atoms with Gasteiger partial charge in [0.1, 0.15) is 0 Å². The van der Waals surface area contributed by atoms with Crippen molar-refractivity contribution in [3.8, 4) is 0 Å². The average Bonchev–Trinajstić information content (AvgIpc) is 2.53. The van der Waals surface area contributed by atoms with Crippen LogP contribution < -0.4 is 5.32 Å². The van der Waals surface area contributed by atoms with Gasteiger partial charge in [-0.25, -0.2) is 0 Å². The van der Waals surface area contributed by atoms with Gasteiger partial charge in [-0.1, -0.05) is 5.57 Å². The summed E-state index contributed by atoms with van der Waals surface area (Å²) in [7, 11) is 0. The maximum Gasteiger partial charge on any atom is 0.244 e. The first-order valence-electron chi connectivity index (χ1n) is 5.16. The summed E-state index contributed by atoms with van der Waals surface area (Å²) < 4.78 is 5.49. The van der Waals surface area contributed by atoms with E-state index < -0.39 is 0 Å². The van der Waals surface area contributed by atoms with Crippen molar-refractivity contribution in [3.63, 3.8) is 0 Å². The number of nitrogens with one attached hydrogen (secondary N) is 1. The molecule has 1 amide bonds. The van der Waals surface area contributed by atoms with E-state index >= 15 is 0 Å². The first-order chi connectivity index (χ1) is 6.59. The van der Waals surface area contributed by atoms with Crippen molar-refractivity contribution in [2.45, 2.75) is 45.8 Å². The maximum atomic E-state index is 11.4. The van der Waals surface area contributed by atoms with Crippen molar-refractivity contribution in [2.24, 2.45) is 0 Å². The number of rotatable bonds is 3. The van der Waals surface area contributed by atoms with Crippen LogP contribution in [0.3, 0.4) is 0 Å². The zero-order valence-electron chi connectivity index (χ0n) is 9.17. The number of carbonyl (C=O) groups excluding carboxylic acids is 1. The van der Waals surface area contributed by atoms with Crippen molar-refractivity contribution in [2.75, 3.05) is 6.61 Å². The molecular weight excluding hydrogens is 178 g/mol. The SMILES string of the molecule is CC(C)=CC(=O)N[C@@H](C)[C@H]1CCCO1. The highest BCUT2D eigenvalue weighted by Gasteiger charge is 2.22. The lowest BCUT2D eigenvalue weighted by Crippen LogP contribution is -2.40. The quantitative estimate of drug-likeness (QED) is 0.698. The minimum atomic E-state index is -0.0204. The molecule has 1 aliphatic rings. The Morgan fingerprint density at radius 1 is 1.57 bits per heavy atom. The van der Waals surface area contributed by atoms with Crippen LogP contribution in [0, 0.1) is 0 Å². The van der Waals surface area contributed by atoms with Gasteiger partial charge in [0.05, 0.1) is 12.1 Å². The van der Waals surface area contributed by atoms with Gasteiger partial charge < -0.3 is 10.1 Å². The van der Waals surface area contributed by atoms with Crippen LogP contribution in [0.1, 0.15) is 33.6 Å². The monoisotopic (exact) mass is 197 g/mol. The van der Waals surface area contributed by atoms with E-state index in [2.05, 4.69) is 5.32 Å². The molecule has 0 aromatic heterocycles. The Balaban J connectivity index is 2.35. The summed E-state index contributed by atoms with van der Waals surface area (Å²) in [5, 5.41) is 2.91. The van der Waals surface area contributed by atoms with E-state index in [4.69, 9.17) is 4.74 Å². The van der Waals surface area contributed by atoms with E-state index in [-0.39, 0.29) is 18.1 Å². The van der Waals surface area contributed by atoms with Crippen LogP contribution in [-0.2, 0) is 9.53 Å². The molecule has 1 N–H and O–H groups in total. The van der Waals surface area contributed by atoms with Gasteiger partial charge in [0.25, 0.3) is 0 Å². The normalized spacial score (nSPS) is 22.9. The second kappa shape index (κ2) is 5.15. The molecule has 0 aliphatic carbocycles. The highest BCUT2D eigenvalue weighted by atomic mass is 16.5. The lowest BCUT2D eigenvalue weighted by Gasteiger charge is -2.19. The summed E-state index contributed by atoms with van der Waals surface area (Å²) in [6, 6.07) is 0.112. The van der Waals surface area contributed by atoms with Crippen molar-refractivity contribution in [1.29, 1.82) is 0 Å². The lowest BCUT2D eigenvalue weighted by atomic mass is 10.1. The summed E-state index contributed by atoms with van der Waals surface area (Å²) in [6.45, 7) is 6.65. The van der Waals surface area contributed by atoms with Crippen LogP contribution in [-0.4, -0.2) is 24.7 Å². The minimum Gasteiger partial charge on any atom is -0.376 e. The second-order valence-corrected chi connectivity index (χ2v) is 4.07. The van der Waals surface area contributed by atoms with Crippen LogP contribution in [0.25, 0.3) is 0 Å². The van der Waals surface area contributed by atoms with Gasteiger partial charge in [-0.05, 0) is 33.6 Å². The summed E-state index contributed by atoms with van der Waals surface area (Å²) in [5.41, 5.74) is 1.02. The van der Waals surface area contributed by atoms with Gasteiger partial charge in [0, 0.05) is 12.7 Å². The van der Waals surface area contributed by atoms with Gasteiger partial charge in [-0.2, -0.15) is 0 Å². The molecule has 80 valence electrons. The van der Waals surface area contributed by atoms with Crippen molar-refractivity contribution >= 4 is 5.91 Å². The Kier molecular flexibility index (Phi) is 4.14. The predicted molar refractivity (Wildman–Crippen MR) is 56.0 cm³/mol. The van der Waals surface area contributed by atoms with E-state index in [1.54, 1.807) is 6.08 Å². The molecule has 3 nitrogen and oxygen atoms in total. The van der Waals surface area contributed by atoms with E-state index in [9.17, 15) is 4.79 Å². The van der Waals surface area contributed by atoms with E-state index in [0.29, 0.717) is 0 Å². The van der Waals surface area contributed by atoms with Crippen molar-refractivity contribution in [1.82, 2.24) is 5.32 Å². The molecule has 0 spiro atoms. The predicted octanol–water partition coefficient (Wildman–Crippen LogP) is 1.64. The highest BCUT2D eigenvalue weighted by Crippen LogP contribution is 2.15. The van der Waals surface area contributed by atoms with Crippen LogP contribution in [0.15, 0.2) is 11.6 Å². The molecule has 1 fully saturated rings. The number of hydrogen-bond donors (Lipinski definition) is 1. The van der Waals surface area contributed by atoms with Gasteiger partial charge >= 0.3 is 0 Å². The van der Waals surface area contributed by atoms with E-state index in [0.717, 1.165) is 25.0 Å². The molecule has 0 bridgehead atoms. The zero-order chi connectivity index (χ0) is 10.6. The summed E-state index contributed by atoms with van der Waals surface area (Å²) >= 11 is 0. The molecule has 0 aromatic rings. The zero-order valence-corrected chi connectivity index (χ0v) is 9.17. The molecule has 1 aliphatic heterocycles. The summed E-state index contributed by atoms with van der Waals surface area (Å²) in [5.74, 6) is -0.0204. The highest BCUT2D eigenvalue weighted by molar-refractivity contribution is 5.88. The Labute approximate surface area is 85.5 Å². The van der Waals surface area contributed by atoms with Gasteiger partial charge in [0.2, 0.25) is 5.91 Å². The Hall–Kier alpha value is -0.830. The topological polar surface area (TPSA) is 38.3 Å². The fourth-order valence-electron chi connectivity index (χ4n) is 1.62. The molecule has 1 saturated heterocycles. The summed E-state index contributed by atoms with van der Waals surface area (Å²) in [4.78, 5) is 11.4. The molecule has 3 heteroatoms. The fraction of sp³-hybridized carbons (Fsp3) is 0.727. The number of allylic oxidation sites excluding steroid dienone is 1. The van der Waals surface area contributed by atoms with Gasteiger partial charge in [-0.15, -0.1) is 0 Å². The van der Waals surface area contributed by atoms with Gasteiger partial charge in [-0.3, -0.25) is 4.79 Å². The molecule has 14 heavy (non-hydrogen) atoms. The fourth-order valence-corrected chi connectivity index (χ4v) is 1.62. The molecule has 0 unspecified atom stereocenters. The van der Waals surface area contributed by atoms with Crippen LogP contribution in [0.5, 0.6) is 0 Å². The van der Waals surface area contributed by atoms with Crippen LogP contribution >= 0.6 is 0 Å². The molecule has 0 aromatic carbocycles. The largest absolute Gasteiger partial charge is 0.376 e. The van der Waals surface area contributed by atoms with Gasteiger partial charge in [0.15, 0.2) is 0 Å². The van der Waals surface area contributed by atoms with E-state index in [1.165, 1.54) is 0 Å². The first kappa shape index (κ1) is 11.2. The Morgan fingerprint density at radius 3 is 2.79 bits per heavy atom. The smallest absolute Gasteiger partial charge is 0.244 e. The number of amides is 1. The molecule has 0 radical (unpaired) electrons. The third kappa shape index (κ3) is 3.50. The minimum absolute atomic E-state index is 0.0204. The Morgan fingerprint density at radius 2 is 2.29 bits per heavy atom. The molecule has 1 heterocycles. The number of ether oxygens (including phenoxy) is 1. The van der Waals surface area contributed by atoms with E-state index in [1.807, 2.05) is 20.8 Å². The molecule has 1 rings (SSSR count). The average molecular weight is 197 g/mol. The van der Waals surface area contributed by atoms with Crippen molar-refractivity contribution < 1.29 is 9.53 Å². The standard InChI is InChI=1S/C11H19NO2/c1-8(2)7-11(13)12-9(3)10-5-4-6-14-10/h7,9-10H,4-6H2,1-3H3,(H,12,13)/t9-,10+/m0/s1. The van der Waals surface area contributed by atoms with Crippen LogP contribution in [0.2, 0.25) is 0 Å². The second-order valence-electron chi connectivity index (χ2n) is 4.07. The third-order valence-electron chi connectivity index (χ3n) is 2.31. The summed E-state index contributed by atoms with van der Waals surface area (Å²) in [6.07, 6.45) is 3.97. The number of hydrogen-bond acceptors (Lipinski definition) is 2.